The summed E-state index contributed by atoms with van der Waals surface area (Å²) in [7, 11) is 0. The number of halogens is 1. The summed E-state index contributed by atoms with van der Waals surface area (Å²) in [6.07, 6.45) is 8.96. The number of nitrogens with zero attached hydrogens (tertiary/aromatic N) is 3. The maximum Gasteiger partial charge on any atom is 0.251 e. The summed E-state index contributed by atoms with van der Waals surface area (Å²) < 4.78 is 4.55. The first-order chi connectivity index (χ1) is 17.1. The van der Waals surface area contributed by atoms with Crippen molar-refractivity contribution in [3.05, 3.63) is 76.1 Å². The highest BCUT2D eigenvalue weighted by Crippen LogP contribution is 2.25. The predicted molar refractivity (Wildman–Crippen MR) is 146 cm³/mol. The van der Waals surface area contributed by atoms with Crippen molar-refractivity contribution >= 4 is 34.2 Å². The molecule has 186 valence electrons. The second-order valence-electron chi connectivity index (χ2n) is 9.44. The van der Waals surface area contributed by atoms with Crippen LogP contribution in [0.5, 0.6) is 0 Å². The number of hydrogen-bond acceptors (Lipinski definition) is 5. The van der Waals surface area contributed by atoms with E-state index in [1.807, 2.05) is 36.4 Å². The molecule has 1 aromatic heterocycles. The Bertz CT molecular complexity index is 1060. The fourth-order valence-electron chi connectivity index (χ4n) is 4.48. The lowest BCUT2D eigenvalue weighted by Crippen LogP contribution is -2.38. The summed E-state index contributed by atoms with van der Waals surface area (Å²) in [6, 6.07) is 16.0. The maximum absolute atomic E-state index is 12.6. The fraction of sp³-hybridized carbons (Fsp3) is 0.464. The van der Waals surface area contributed by atoms with Gasteiger partial charge in [0.05, 0.1) is 0 Å². The van der Waals surface area contributed by atoms with E-state index < -0.39 is 0 Å². The molecule has 3 aromatic rings. The van der Waals surface area contributed by atoms with E-state index >= 15 is 0 Å². The Balaban J connectivity index is 1.18. The molecule has 1 saturated heterocycles. The number of piperidine rings is 1. The Kier molecular flexibility index (Phi) is 9.55. The monoisotopic (exact) mass is 510 g/mol. The number of amides is 1. The zero-order valence-corrected chi connectivity index (χ0v) is 22.1. The lowest BCUT2D eigenvalue weighted by molar-refractivity contribution is 0.0945. The van der Waals surface area contributed by atoms with Gasteiger partial charge in [-0.25, -0.2) is 4.98 Å². The third kappa shape index (κ3) is 7.77. The largest absolute Gasteiger partial charge is 0.352 e. The van der Waals surface area contributed by atoms with Crippen molar-refractivity contribution in [3.63, 3.8) is 0 Å². The van der Waals surface area contributed by atoms with Gasteiger partial charge in [-0.1, -0.05) is 62.1 Å². The third-order valence-corrected chi connectivity index (χ3v) is 7.77. The van der Waals surface area contributed by atoms with Crippen LogP contribution in [0, 0.1) is 5.92 Å². The second kappa shape index (κ2) is 13.0. The van der Waals surface area contributed by atoms with E-state index in [2.05, 4.69) is 33.6 Å². The number of hydrogen-bond donors (Lipinski definition) is 1. The van der Waals surface area contributed by atoms with Crippen LogP contribution in [0.3, 0.4) is 0 Å². The van der Waals surface area contributed by atoms with Gasteiger partial charge in [0.15, 0.2) is 0 Å². The smallest absolute Gasteiger partial charge is 0.251 e. The number of nitrogens with one attached hydrogen (secondary N) is 1. The first-order valence-corrected chi connectivity index (χ1v) is 13.9. The summed E-state index contributed by atoms with van der Waals surface area (Å²) in [5.41, 5.74) is 3.23. The van der Waals surface area contributed by atoms with Crippen molar-refractivity contribution in [2.45, 2.75) is 58.3 Å². The van der Waals surface area contributed by atoms with Gasteiger partial charge in [0.25, 0.3) is 5.91 Å². The quantitative estimate of drug-likeness (QED) is 0.297. The highest BCUT2D eigenvalue weighted by molar-refractivity contribution is 7.09. The molecule has 4 rings (SSSR count). The molecule has 1 fully saturated rings. The van der Waals surface area contributed by atoms with Crippen LogP contribution in [0.1, 0.15) is 72.8 Å². The van der Waals surface area contributed by atoms with Gasteiger partial charge in [-0.3, -0.25) is 4.79 Å². The Morgan fingerprint density at radius 1 is 1.03 bits per heavy atom. The maximum atomic E-state index is 12.6. The summed E-state index contributed by atoms with van der Waals surface area (Å²) >= 11 is 7.45. The SMILES string of the molecule is CCCCCCc1ccc(C(=O)NCC2CCN(c3nc(Cc4ccc(Cl)cc4)ns3)CC2)cc1. The van der Waals surface area contributed by atoms with Crippen LogP contribution < -0.4 is 10.2 Å². The number of aromatic nitrogens is 2. The molecule has 5 nitrogen and oxygen atoms in total. The molecule has 0 aliphatic carbocycles. The van der Waals surface area contributed by atoms with Crippen LogP contribution in [0.25, 0.3) is 0 Å². The Hall–Kier alpha value is -2.44. The number of carbonyl (C=O) groups is 1. The molecule has 7 heteroatoms. The number of benzene rings is 2. The molecular formula is C28H35ClN4OS. The van der Waals surface area contributed by atoms with Gasteiger partial charge in [-0.2, -0.15) is 4.37 Å². The van der Waals surface area contributed by atoms with E-state index in [9.17, 15) is 4.79 Å². The topological polar surface area (TPSA) is 58.1 Å². The Morgan fingerprint density at radius 3 is 2.46 bits per heavy atom. The minimum Gasteiger partial charge on any atom is -0.352 e. The molecule has 2 aromatic carbocycles. The van der Waals surface area contributed by atoms with Gasteiger partial charge < -0.3 is 10.2 Å². The van der Waals surface area contributed by atoms with E-state index in [0.717, 1.165) is 72.4 Å². The van der Waals surface area contributed by atoms with Gasteiger partial charge in [0, 0.05) is 48.2 Å². The van der Waals surface area contributed by atoms with Crippen LogP contribution >= 0.6 is 23.1 Å². The van der Waals surface area contributed by atoms with Crippen LogP contribution in [0.4, 0.5) is 5.13 Å². The Morgan fingerprint density at radius 2 is 1.74 bits per heavy atom. The summed E-state index contributed by atoms with van der Waals surface area (Å²) in [5, 5.41) is 4.88. The van der Waals surface area contributed by atoms with E-state index in [1.54, 1.807) is 0 Å². The number of anilines is 1. The summed E-state index contributed by atoms with van der Waals surface area (Å²) in [4.78, 5) is 19.7. The molecule has 0 saturated carbocycles. The normalized spacial score (nSPS) is 14.3. The standard InChI is InChI=1S/C28H35ClN4OS/c1-2-3-4-5-6-21-7-11-24(12-8-21)27(34)30-20-23-15-17-33(18-16-23)28-31-26(32-35-28)19-22-9-13-25(29)14-10-22/h7-14,23H,2-6,15-20H2,1H3,(H,30,34). The van der Waals surface area contributed by atoms with Crippen LogP contribution in [-0.2, 0) is 12.8 Å². The first kappa shape index (κ1) is 25.6. The number of unbranched alkanes of at least 4 members (excludes halogenated alkanes) is 3. The van der Waals surface area contributed by atoms with Gasteiger partial charge in [0.1, 0.15) is 5.82 Å². The van der Waals surface area contributed by atoms with Crippen molar-refractivity contribution in [2.75, 3.05) is 24.5 Å². The highest BCUT2D eigenvalue weighted by atomic mass is 35.5. The zero-order chi connectivity index (χ0) is 24.5. The van der Waals surface area contributed by atoms with Gasteiger partial charge in [0.2, 0.25) is 5.13 Å². The van der Waals surface area contributed by atoms with E-state index in [-0.39, 0.29) is 5.91 Å². The van der Waals surface area contributed by atoms with Crippen LogP contribution in [-0.4, -0.2) is 34.9 Å². The molecule has 0 radical (unpaired) electrons. The van der Waals surface area contributed by atoms with Crippen molar-refractivity contribution < 1.29 is 4.79 Å². The first-order valence-electron chi connectivity index (χ1n) is 12.8. The van der Waals surface area contributed by atoms with Gasteiger partial charge >= 0.3 is 0 Å². The molecule has 35 heavy (non-hydrogen) atoms. The average molecular weight is 511 g/mol. The van der Waals surface area contributed by atoms with Crippen molar-refractivity contribution in [2.24, 2.45) is 5.92 Å². The molecule has 1 aliphatic rings. The summed E-state index contributed by atoms with van der Waals surface area (Å²) in [5.74, 6) is 1.38. The molecule has 1 N–H and O–H groups in total. The third-order valence-electron chi connectivity index (χ3n) is 6.70. The Labute approximate surface area is 218 Å². The highest BCUT2D eigenvalue weighted by Gasteiger charge is 2.22. The van der Waals surface area contributed by atoms with Crippen LogP contribution in [0.2, 0.25) is 5.02 Å². The minimum atomic E-state index is 0.0286. The number of aryl methyl sites for hydroxylation is 1. The molecule has 0 unspecified atom stereocenters. The lowest BCUT2D eigenvalue weighted by atomic mass is 9.97. The van der Waals surface area contributed by atoms with Crippen molar-refractivity contribution in [3.8, 4) is 0 Å². The van der Waals surface area contributed by atoms with Crippen LogP contribution in [0.15, 0.2) is 48.5 Å². The number of rotatable bonds is 11. The van der Waals surface area contributed by atoms with Crippen molar-refractivity contribution in [1.29, 1.82) is 0 Å². The predicted octanol–water partition coefficient (Wildman–Crippen LogP) is 6.55. The zero-order valence-electron chi connectivity index (χ0n) is 20.5. The van der Waals surface area contributed by atoms with Crippen molar-refractivity contribution in [1.82, 2.24) is 14.7 Å². The molecule has 1 amide bonds. The molecule has 0 atom stereocenters. The fourth-order valence-corrected chi connectivity index (χ4v) is 5.34. The van der Waals surface area contributed by atoms with Gasteiger partial charge in [-0.15, -0.1) is 0 Å². The average Bonchev–Trinajstić information content (AvgIpc) is 3.36. The number of carbonyl (C=O) groups excluding carboxylic acids is 1. The van der Waals surface area contributed by atoms with E-state index in [1.165, 1.54) is 42.8 Å². The summed E-state index contributed by atoms with van der Waals surface area (Å²) in [6.45, 7) is 4.85. The molecular weight excluding hydrogens is 476 g/mol. The lowest BCUT2D eigenvalue weighted by Gasteiger charge is -2.31. The molecule has 2 heterocycles. The van der Waals surface area contributed by atoms with E-state index in [4.69, 9.17) is 16.6 Å². The minimum absolute atomic E-state index is 0.0286. The molecule has 0 bridgehead atoms. The molecule has 1 aliphatic heterocycles. The van der Waals surface area contributed by atoms with E-state index in [0.29, 0.717) is 5.92 Å². The molecule has 0 spiro atoms. The second-order valence-corrected chi connectivity index (χ2v) is 10.6. The van der Waals surface area contributed by atoms with Gasteiger partial charge in [-0.05, 0) is 67.0 Å².